The van der Waals surface area contributed by atoms with Gasteiger partial charge in [-0.2, -0.15) is 0 Å². The molecule has 0 atom stereocenters. The second-order valence-corrected chi connectivity index (χ2v) is 5.39. The molecule has 7 heteroatoms. The van der Waals surface area contributed by atoms with Gasteiger partial charge in [0, 0.05) is 37.0 Å². The molecule has 0 unspecified atom stereocenters. The summed E-state index contributed by atoms with van der Waals surface area (Å²) >= 11 is 0. The first kappa shape index (κ1) is 23.6. The number of carboxylic acids is 1. The van der Waals surface area contributed by atoms with Gasteiger partial charge in [-0.3, -0.25) is 19.6 Å². The van der Waals surface area contributed by atoms with Crippen LogP contribution in [0.3, 0.4) is 0 Å². The molecule has 0 spiro atoms. The monoisotopic (exact) mass is 448 g/mol. The second kappa shape index (κ2) is 12.1. The van der Waals surface area contributed by atoms with Crippen molar-refractivity contribution in [1.29, 1.82) is 0 Å². The number of fused-ring (bicyclic) bond motifs is 3. The van der Waals surface area contributed by atoms with Gasteiger partial charge in [0.15, 0.2) is 0 Å². The van der Waals surface area contributed by atoms with Gasteiger partial charge in [-0.15, -0.1) is 0 Å². The maximum absolute atomic E-state index is 10.0. The van der Waals surface area contributed by atoms with E-state index in [1.807, 2.05) is 26.0 Å². The van der Waals surface area contributed by atoms with Gasteiger partial charge in [0.05, 0.1) is 17.1 Å². The third kappa shape index (κ3) is 8.65. The Labute approximate surface area is 166 Å². The number of esters is 1. The second-order valence-electron chi connectivity index (χ2n) is 5.39. The molecule has 0 saturated heterocycles. The molecule has 2 heterocycles. The molecular formula is C19H22N2O4Pd+2. The van der Waals surface area contributed by atoms with Crippen molar-refractivity contribution >= 4 is 33.7 Å². The van der Waals surface area contributed by atoms with Crippen LogP contribution in [0.25, 0.3) is 21.8 Å². The summed E-state index contributed by atoms with van der Waals surface area (Å²) in [5.74, 6) is -1.05. The van der Waals surface area contributed by atoms with Crippen LogP contribution in [-0.2, 0) is 34.7 Å². The predicted octanol–water partition coefficient (Wildman–Crippen LogP) is 3.83. The van der Waals surface area contributed by atoms with E-state index in [-0.39, 0.29) is 32.5 Å². The maximum Gasteiger partial charge on any atom is 2.00 e. The topological polar surface area (TPSA) is 89.4 Å². The van der Waals surface area contributed by atoms with E-state index in [1.165, 1.54) is 6.92 Å². The van der Waals surface area contributed by atoms with E-state index in [4.69, 9.17) is 9.90 Å². The van der Waals surface area contributed by atoms with Crippen LogP contribution in [0.15, 0.2) is 48.8 Å². The summed E-state index contributed by atoms with van der Waals surface area (Å²) < 4.78 is 4.61. The van der Waals surface area contributed by atoms with Crippen molar-refractivity contribution in [3.63, 3.8) is 0 Å². The fourth-order valence-corrected chi connectivity index (χ4v) is 2.01. The molecule has 1 N–H and O–H groups in total. The van der Waals surface area contributed by atoms with E-state index in [0.717, 1.165) is 28.7 Å². The Bertz CT molecular complexity index is 794. The maximum atomic E-state index is 10.0. The van der Waals surface area contributed by atoms with Crippen molar-refractivity contribution in [3.05, 3.63) is 48.8 Å². The first-order chi connectivity index (χ1) is 11.8. The van der Waals surface area contributed by atoms with E-state index in [0.29, 0.717) is 0 Å². The van der Waals surface area contributed by atoms with Gasteiger partial charge in [0.1, 0.15) is 0 Å². The number of ether oxygens (including phenoxy) is 1. The van der Waals surface area contributed by atoms with Crippen LogP contribution in [0.5, 0.6) is 0 Å². The van der Waals surface area contributed by atoms with Crippen LogP contribution < -0.4 is 0 Å². The van der Waals surface area contributed by atoms with Gasteiger partial charge >= 0.3 is 26.4 Å². The van der Waals surface area contributed by atoms with E-state index < -0.39 is 5.97 Å². The van der Waals surface area contributed by atoms with Gasteiger partial charge < -0.3 is 9.84 Å². The van der Waals surface area contributed by atoms with Crippen molar-refractivity contribution < 1.29 is 39.9 Å². The zero-order valence-corrected chi connectivity index (χ0v) is 16.6. The first-order valence-electron chi connectivity index (χ1n) is 7.76. The molecule has 0 amide bonds. The molecule has 0 bridgehead atoms. The number of carboxylic acid groups (broad SMARTS) is 1. The Hall–Kier alpha value is -2.36. The molecular weight excluding hydrogens is 427 g/mol. The third-order valence-electron chi connectivity index (χ3n) is 2.75. The number of pyridine rings is 2. The summed E-state index contributed by atoms with van der Waals surface area (Å²) in [6.45, 7) is 6.13. The van der Waals surface area contributed by atoms with Crippen LogP contribution in [0.1, 0.15) is 27.7 Å². The van der Waals surface area contributed by atoms with Crippen LogP contribution in [-0.4, -0.2) is 33.1 Å². The van der Waals surface area contributed by atoms with E-state index in [2.05, 4.69) is 39.0 Å². The molecule has 140 valence electrons. The summed E-state index contributed by atoms with van der Waals surface area (Å²) in [7, 11) is 0. The number of aromatic nitrogens is 2. The van der Waals surface area contributed by atoms with Gasteiger partial charge in [0.2, 0.25) is 0 Å². The number of hydrogen-bond acceptors (Lipinski definition) is 5. The van der Waals surface area contributed by atoms with Crippen molar-refractivity contribution in [3.8, 4) is 0 Å². The third-order valence-corrected chi connectivity index (χ3v) is 2.75. The minimum absolute atomic E-state index is 0. The Kier molecular flexibility index (Phi) is 11.0. The van der Waals surface area contributed by atoms with Gasteiger partial charge in [-0.1, -0.05) is 24.3 Å². The number of rotatable bonds is 1. The number of nitrogens with zero attached hydrogens (tertiary/aromatic N) is 2. The molecule has 0 aliphatic rings. The molecule has 3 aromatic rings. The molecule has 0 saturated carbocycles. The smallest absolute Gasteiger partial charge is 0.481 e. The largest absolute Gasteiger partial charge is 2.00 e. The van der Waals surface area contributed by atoms with Gasteiger partial charge in [0.25, 0.3) is 5.97 Å². The number of carbonyl (C=O) groups is 2. The Morgan fingerprint density at radius 1 is 0.923 bits per heavy atom. The minimum Gasteiger partial charge on any atom is -0.481 e. The number of aliphatic carboxylic acids is 1. The fourth-order valence-electron chi connectivity index (χ4n) is 2.01. The molecule has 0 aliphatic carbocycles. The van der Waals surface area contributed by atoms with Crippen LogP contribution in [0, 0.1) is 0 Å². The standard InChI is InChI=1S/C12H8N2.C5H10O2.C2H4O2.Pd/c1-3-9-5-6-10-4-2-8-14-12(10)11(9)13-7-1;1-4(2)7-5(3)6;1-2(3)4;/h1-8H;4H,1-3H3;1H3,(H,3,4);/q;;;+2. The summed E-state index contributed by atoms with van der Waals surface area (Å²) in [4.78, 5) is 27.7. The average molecular weight is 449 g/mol. The van der Waals surface area contributed by atoms with E-state index in [9.17, 15) is 4.79 Å². The average Bonchev–Trinajstić information content (AvgIpc) is 2.53. The molecule has 6 nitrogen and oxygen atoms in total. The van der Waals surface area contributed by atoms with Gasteiger partial charge in [-0.25, -0.2) is 0 Å². The van der Waals surface area contributed by atoms with Crippen LogP contribution >= 0.6 is 0 Å². The van der Waals surface area contributed by atoms with Crippen LogP contribution in [0.2, 0.25) is 0 Å². The Balaban J connectivity index is 0.000000446. The predicted molar refractivity (Wildman–Crippen MR) is 97.3 cm³/mol. The fraction of sp³-hybridized carbons (Fsp3) is 0.263. The Morgan fingerprint density at radius 2 is 1.31 bits per heavy atom. The zero-order chi connectivity index (χ0) is 18.8. The van der Waals surface area contributed by atoms with Crippen molar-refractivity contribution in [2.75, 3.05) is 0 Å². The molecule has 0 fully saturated rings. The molecule has 1 aromatic carbocycles. The van der Waals surface area contributed by atoms with E-state index in [1.54, 1.807) is 12.4 Å². The van der Waals surface area contributed by atoms with Crippen LogP contribution in [0.4, 0.5) is 0 Å². The summed E-state index contributed by atoms with van der Waals surface area (Å²) in [5.41, 5.74) is 1.95. The molecule has 2 aromatic heterocycles. The molecule has 26 heavy (non-hydrogen) atoms. The zero-order valence-electron chi connectivity index (χ0n) is 15.1. The molecule has 0 aliphatic heterocycles. The minimum atomic E-state index is -0.833. The summed E-state index contributed by atoms with van der Waals surface area (Å²) in [6, 6.07) is 12.1. The van der Waals surface area contributed by atoms with Crippen molar-refractivity contribution in [2.45, 2.75) is 33.8 Å². The number of carbonyl (C=O) groups excluding carboxylic acids is 1. The molecule has 0 radical (unpaired) electrons. The summed E-state index contributed by atoms with van der Waals surface area (Å²) in [5, 5.41) is 9.69. The number of hydrogen-bond donors (Lipinski definition) is 1. The molecule has 3 rings (SSSR count). The summed E-state index contributed by atoms with van der Waals surface area (Å²) in [6.07, 6.45) is 3.63. The first-order valence-corrected chi connectivity index (χ1v) is 7.76. The van der Waals surface area contributed by atoms with Crippen molar-refractivity contribution in [1.82, 2.24) is 9.97 Å². The normalized spacial score (nSPS) is 9.27. The number of benzene rings is 1. The van der Waals surface area contributed by atoms with Crippen molar-refractivity contribution in [2.24, 2.45) is 0 Å². The van der Waals surface area contributed by atoms with Gasteiger partial charge in [-0.05, 0) is 26.0 Å². The SMILES string of the molecule is CC(=O)O.CC(=O)OC(C)C.[Pd+2].c1cnc2c(c1)ccc1cccnc12. The quantitative estimate of drug-likeness (QED) is 0.346. The Morgan fingerprint density at radius 3 is 1.58 bits per heavy atom. The van der Waals surface area contributed by atoms with E-state index >= 15 is 0 Å².